The molecule has 0 heterocycles. The largest absolute Gasteiger partial charge is 0.481 e. The molecule has 2 N–H and O–H groups in total. The van der Waals surface area contributed by atoms with E-state index in [1.165, 1.54) is 25.7 Å². The molecule has 2 atom stereocenters. The van der Waals surface area contributed by atoms with Crippen LogP contribution in [0.25, 0.3) is 0 Å². The van der Waals surface area contributed by atoms with Gasteiger partial charge in [0.25, 0.3) is 0 Å². The molecule has 1 rings (SSSR count). The minimum Gasteiger partial charge on any atom is -0.481 e. The first-order valence-corrected chi connectivity index (χ1v) is 6.66. The van der Waals surface area contributed by atoms with Crippen LogP contribution in [0.4, 0.5) is 4.79 Å². The number of carbonyl (C=O) groups is 2. The van der Waals surface area contributed by atoms with Crippen molar-refractivity contribution >= 4 is 12.0 Å². The van der Waals surface area contributed by atoms with Gasteiger partial charge in [0.2, 0.25) is 0 Å². The summed E-state index contributed by atoms with van der Waals surface area (Å²) in [7, 11) is 1.77. The molecule has 18 heavy (non-hydrogen) atoms. The lowest BCUT2D eigenvalue weighted by atomic mass is 10.0. The SMILES string of the molecule is CC(NC(=O)N(C)CC1CCCC1)C(C)C(=O)O. The number of rotatable bonds is 5. The lowest BCUT2D eigenvalue weighted by Crippen LogP contribution is -2.46. The van der Waals surface area contributed by atoms with Gasteiger partial charge in [0.15, 0.2) is 0 Å². The Morgan fingerprint density at radius 1 is 1.33 bits per heavy atom. The Labute approximate surface area is 109 Å². The fraction of sp³-hybridized carbons (Fsp3) is 0.846. The predicted molar refractivity (Wildman–Crippen MR) is 69.4 cm³/mol. The van der Waals surface area contributed by atoms with Crippen molar-refractivity contribution in [1.29, 1.82) is 0 Å². The Kier molecular flexibility index (Phi) is 5.44. The molecule has 0 spiro atoms. The highest BCUT2D eigenvalue weighted by atomic mass is 16.4. The molecule has 1 aliphatic carbocycles. The number of aliphatic carboxylic acids is 1. The van der Waals surface area contributed by atoms with Crippen LogP contribution in [0.15, 0.2) is 0 Å². The molecule has 5 nitrogen and oxygen atoms in total. The quantitative estimate of drug-likeness (QED) is 0.789. The Morgan fingerprint density at radius 2 is 1.89 bits per heavy atom. The van der Waals surface area contributed by atoms with Crippen molar-refractivity contribution in [3.63, 3.8) is 0 Å². The van der Waals surface area contributed by atoms with E-state index in [2.05, 4.69) is 5.32 Å². The summed E-state index contributed by atoms with van der Waals surface area (Å²) in [5.41, 5.74) is 0. The highest BCUT2D eigenvalue weighted by molar-refractivity contribution is 5.76. The van der Waals surface area contributed by atoms with Gasteiger partial charge in [0.05, 0.1) is 5.92 Å². The van der Waals surface area contributed by atoms with Gasteiger partial charge in [0, 0.05) is 19.6 Å². The number of urea groups is 1. The minimum atomic E-state index is -0.888. The average Bonchev–Trinajstić information content (AvgIpc) is 2.80. The van der Waals surface area contributed by atoms with Crippen LogP contribution in [0, 0.1) is 11.8 Å². The van der Waals surface area contributed by atoms with Crippen LogP contribution in [-0.4, -0.2) is 41.6 Å². The second-order valence-corrected chi connectivity index (χ2v) is 5.40. The van der Waals surface area contributed by atoms with Gasteiger partial charge in [-0.15, -0.1) is 0 Å². The fourth-order valence-electron chi connectivity index (χ4n) is 2.31. The third kappa shape index (κ3) is 4.20. The van der Waals surface area contributed by atoms with Crippen molar-refractivity contribution in [2.24, 2.45) is 11.8 Å². The van der Waals surface area contributed by atoms with Gasteiger partial charge in [-0.05, 0) is 32.6 Å². The molecule has 0 aromatic heterocycles. The van der Waals surface area contributed by atoms with Gasteiger partial charge in [0.1, 0.15) is 0 Å². The monoisotopic (exact) mass is 256 g/mol. The molecule has 2 unspecified atom stereocenters. The number of hydrogen-bond acceptors (Lipinski definition) is 2. The van der Waals surface area contributed by atoms with Crippen LogP contribution in [-0.2, 0) is 4.79 Å². The fourth-order valence-corrected chi connectivity index (χ4v) is 2.31. The molecule has 1 saturated carbocycles. The summed E-state index contributed by atoms with van der Waals surface area (Å²) in [6.07, 6.45) is 4.90. The van der Waals surface area contributed by atoms with Gasteiger partial charge in [-0.2, -0.15) is 0 Å². The van der Waals surface area contributed by atoms with E-state index in [4.69, 9.17) is 5.11 Å². The third-order valence-electron chi connectivity index (χ3n) is 3.84. The molecule has 0 radical (unpaired) electrons. The van der Waals surface area contributed by atoms with E-state index >= 15 is 0 Å². The van der Waals surface area contributed by atoms with Gasteiger partial charge < -0.3 is 15.3 Å². The van der Waals surface area contributed by atoms with E-state index in [-0.39, 0.29) is 12.1 Å². The normalized spacial score (nSPS) is 19.3. The number of hydrogen-bond donors (Lipinski definition) is 2. The van der Waals surface area contributed by atoms with E-state index in [1.54, 1.807) is 25.8 Å². The summed E-state index contributed by atoms with van der Waals surface area (Å²) in [6.45, 7) is 4.09. The highest BCUT2D eigenvalue weighted by Crippen LogP contribution is 2.25. The zero-order chi connectivity index (χ0) is 13.7. The zero-order valence-corrected chi connectivity index (χ0v) is 11.5. The molecule has 0 bridgehead atoms. The Balaban J connectivity index is 2.36. The molecule has 1 fully saturated rings. The minimum absolute atomic E-state index is 0.178. The Bertz CT molecular complexity index is 301. The smallest absolute Gasteiger partial charge is 0.317 e. The molecule has 0 aromatic carbocycles. The standard InChI is InChI=1S/C13H24N2O3/c1-9(12(16)17)10(2)14-13(18)15(3)8-11-6-4-5-7-11/h9-11H,4-8H2,1-3H3,(H,14,18)(H,16,17). The van der Waals surface area contributed by atoms with Crippen LogP contribution >= 0.6 is 0 Å². The van der Waals surface area contributed by atoms with Gasteiger partial charge in [-0.3, -0.25) is 4.79 Å². The second-order valence-electron chi connectivity index (χ2n) is 5.40. The number of carboxylic acid groups (broad SMARTS) is 1. The van der Waals surface area contributed by atoms with E-state index in [1.807, 2.05) is 0 Å². The van der Waals surface area contributed by atoms with Gasteiger partial charge in [-0.25, -0.2) is 4.79 Å². The summed E-state index contributed by atoms with van der Waals surface area (Å²) >= 11 is 0. The second kappa shape index (κ2) is 6.61. The topological polar surface area (TPSA) is 69.6 Å². The van der Waals surface area contributed by atoms with Crippen molar-refractivity contribution in [2.75, 3.05) is 13.6 Å². The Hall–Kier alpha value is -1.26. The average molecular weight is 256 g/mol. The number of amides is 2. The molecule has 104 valence electrons. The summed E-state index contributed by atoms with van der Waals surface area (Å²) in [4.78, 5) is 24.4. The number of nitrogens with zero attached hydrogens (tertiary/aromatic N) is 1. The summed E-state index contributed by atoms with van der Waals surface area (Å²) in [6, 6.07) is -0.538. The maximum Gasteiger partial charge on any atom is 0.317 e. The molecule has 0 aromatic rings. The molecular formula is C13H24N2O3. The number of carboxylic acids is 1. The summed E-state index contributed by atoms with van der Waals surface area (Å²) < 4.78 is 0. The van der Waals surface area contributed by atoms with Crippen molar-refractivity contribution in [2.45, 2.75) is 45.6 Å². The molecule has 1 aliphatic rings. The molecule has 0 saturated heterocycles. The number of carbonyl (C=O) groups excluding carboxylic acids is 1. The van der Waals surface area contributed by atoms with E-state index in [9.17, 15) is 9.59 Å². The lowest BCUT2D eigenvalue weighted by molar-refractivity contribution is -0.141. The predicted octanol–water partition coefficient (Wildman–Crippen LogP) is 1.93. The summed E-state index contributed by atoms with van der Waals surface area (Å²) in [5.74, 6) is -0.858. The molecule has 2 amide bonds. The first kappa shape index (κ1) is 14.8. The van der Waals surface area contributed by atoms with E-state index in [0.717, 1.165) is 6.54 Å². The maximum absolute atomic E-state index is 11.9. The third-order valence-corrected chi connectivity index (χ3v) is 3.84. The van der Waals surface area contributed by atoms with Crippen molar-refractivity contribution in [3.05, 3.63) is 0 Å². The lowest BCUT2D eigenvalue weighted by Gasteiger charge is -2.25. The maximum atomic E-state index is 11.9. The van der Waals surface area contributed by atoms with E-state index < -0.39 is 11.9 Å². The van der Waals surface area contributed by atoms with Crippen molar-refractivity contribution < 1.29 is 14.7 Å². The first-order chi connectivity index (χ1) is 8.41. The zero-order valence-electron chi connectivity index (χ0n) is 11.5. The van der Waals surface area contributed by atoms with Gasteiger partial charge in [-0.1, -0.05) is 12.8 Å². The van der Waals surface area contributed by atoms with Crippen LogP contribution < -0.4 is 5.32 Å². The molecule has 0 aliphatic heterocycles. The van der Waals surface area contributed by atoms with Crippen LogP contribution in [0.5, 0.6) is 0 Å². The van der Waals surface area contributed by atoms with Gasteiger partial charge >= 0.3 is 12.0 Å². The van der Waals surface area contributed by atoms with Crippen LogP contribution in [0.1, 0.15) is 39.5 Å². The van der Waals surface area contributed by atoms with Crippen molar-refractivity contribution in [1.82, 2.24) is 10.2 Å². The first-order valence-electron chi connectivity index (χ1n) is 6.66. The van der Waals surface area contributed by atoms with Crippen molar-refractivity contribution in [3.8, 4) is 0 Å². The van der Waals surface area contributed by atoms with Crippen LogP contribution in [0.3, 0.4) is 0 Å². The molecular weight excluding hydrogens is 232 g/mol. The van der Waals surface area contributed by atoms with Crippen LogP contribution in [0.2, 0.25) is 0 Å². The number of nitrogens with one attached hydrogen (secondary N) is 1. The Morgan fingerprint density at radius 3 is 2.39 bits per heavy atom. The highest BCUT2D eigenvalue weighted by Gasteiger charge is 2.24. The van der Waals surface area contributed by atoms with E-state index in [0.29, 0.717) is 5.92 Å². The summed E-state index contributed by atoms with van der Waals surface area (Å²) in [5, 5.41) is 11.6. The molecule has 5 heteroatoms.